The molecule has 1 aromatic rings. The van der Waals surface area contributed by atoms with Crippen LogP contribution in [0.25, 0.3) is 0 Å². The molecule has 1 aromatic heterocycles. The van der Waals surface area contributed by atoms with Gasteiger partial charge >= 0.3 is 5.69 Å². The summed E-state index contributed by atoms with van der Waals surface area (Å²) in [5.74, 6) is -0.175. The zero-order chi connectivity index (χ0) is 19.3. The Labute approximate surface area is 152 Å². The van der Waals surface area contributed by atoms with Crippen LogP contribution >= 0.6 is 0 Å². The van der Waals surface area contributed by atoms with E-state index in [1.165, 1.54) is 9.47 Å². The summed E-state index contributed by atoms with van der Waals surface area (Å²) in [6.45, 7) is 5.41. The molecule has 1 atom stereocenters. The van der Waals surface area contributed by atoms with Crippen molar-refractivity contribution in [3.63, 3.8) is 0 Å². The Bertz CT molecular complexity index is 734. The number of nitrogen functional groups attached to an aromatic ring is 1. The van der Waals surface area contributed by atoms with Crippen molar-refractivity contribution >= 4 is 17.4 Å². The molecular formula is C17H28N4O5. The number of nitrogens with one attached hydrogen (secondary N) is 1. The first-order valence-electron chi connectivity index (χ1n) is 8.91. The standard InChI is InChI=1S/C17H28N4O5/c1-11(2)10-21-14(18)13(15(22)19-17(21)24)20(7-5-8-25-3)16(23)12-6-4-9-26-12/h11-12H,4-10,18H2,1-3H3,(H,19,22,24)/t12-/m0/s1. The smallest absolute Gasteiger partial charge is 0.330 e. The Balaban J connectivity index is 2.46. The van der Waals surface area contributed by atoms with Crippen LogP contribution in [0.2, 0.25) is 0 Å². The molecule has 0 spiro atoms. The number of H-pyrrole nitrogens is 1. The predicted molar refractivity (Wildman–Crippen MR) is 98.4 cm³/mol. The van der Waals surface area contributed by atoms with E-state index in [-0.39, 0.29) is 29.9 Å². The molecule has 9 heteroatoms. The number of anilines is 2. The van der Waals surface area contributed by atoms with Gasteiger partial charge in [-0.3, -0.25) is 19.1 Å². The number of ether oxygens (including phenoxy) is 2. The zero-order valence-electron chi connectivity index (χ0n) is 15.6. The quantitative estimate of drug-likeness (QED) is 0.638. The maximum Gasteiger partial charge on any atom is 0.330 e. The average molecular weight is 368 g/mol. The molecule has 0 unspecified atom stereocenters. The molecular weight excluding hydrogens is 340 g/mol. The van der Waals surface area contributed by atoms with Gasteiger partial charge in [0.15, 0.2) is 5.69 Å². The van der Waals surface area contributed by atoms with Crippen molar-refractivity contribution in [1.82, 2.24) is 9.55 Å². The first-order chi connectivity index (χ1) is 12.4. The highest BCUT2D eigenvalue weighted by atomic mass is 16.5. The van der Waals surface area contributed by atoms with Gasteiger partial charge in [0.05, 0.1) is 0 Å². The van der Waals surface area contributed by atoms with Crippen LogP contribution in [0.3, 0.4) is 0 Å². The number of amides is 1. The highest BCUT2D eigenvalue weighted by Crippen LogP contribution is 2.22. The van der Waals surface area contributed by atoms with Crippen LogP contribution < -0.4 is 21.9 Å². The highest BCUT2D eigenvalue weighted by molar-refractivity contribution is 5.98. The lowest BCUT2D eigenvalue weighted by Gasteiger charge is -2.26. The summed E-state index contributed by atoms with van der Waals surface area (Å²) in [5, 5.41) is 0. The van der Waals surface area contributed by atoms with E-state index in [1.54, 1.807) is 7.11 Å². The lowest BCUT2D eigenvalue weighted by atomic mass is 10.2. The summed E-state index contributed by atoms with van der Waals surface area (Å²) in [7, 11) is 1.57. The second-order valence-corrected chi connectivity index (χ2v) is 6.84. The van der Waals surface area contributed by atoms with Gasteiger partial charge in [-0.15, -0.1) is 0 Å². The van der Waals surface area contributed by atoms with Crippen molar-refractivity contribution in [3.05, 3.63) is 20.8 Å². The minimum Gasteiger partial charge on any atom is -0.385 e. The van der Waals surface area contributed by atoms with Gasteiger partial charge in [-0.1, -0.05) is 13.8 Å². The molecule has 26 heavy (non-hydrogen) atoms. The van der Waals surface area contributed by atoms with Gasteiger partial charge in [0, 0.05) is 33.4 Å². The molecule has 146 valence electrons. The van der Waals surface area contributed by atoms with Crippen molar-refractivity contribution in [3.8, 4) is 0 Å². The number of aromatic nitrogens is 2. The number of nitrogens with two attached hydrogens (primary N) is 1. The third-order valence-corrected chi connectivity index (χ3v) is 4.23. The number of aromatic amines is 1. The van der Waals surface area contributed by atoms with Crippen LogP contribution in [-0.4, -0.2) is 48.4 Å². The SMILES string of the molecule is COCCCN(C(=O)[C@@H]1CCCO1)c1c(N)n(CC(C)C)c(=O)[nH]c1=O. The average Bonchev–Trinajstić information content (AvgIpc) is 3.11. The van der Waals surface area contributed by atoms with E-state index in [9.17, 15) is 14.4 Å². The van der Waals surface area contributed by atoms with Crippen molar-refractivity contribution in [1.29, 1.82) is 0 Å². The molecule has 2 heterocycles. The van der Waals surface area contributed by atoms with Crippen LogP contribution in [0.1, 0.15) is 33.1 Å². The number of methoxy groups -OCH3 is 1. The summed E-state index contributed by atoms with van der Waals surface area (Å²) in [5.41, 5.74) is 4.91. The summed E-state index contributed by atoms with van der Waals surface area (Å²) < 4.78 is 11.8. The van der Waals surface area contributed by atoms with Gasteiger partial charge in [-0.2, -0.15) is 0 Å². The third-order valence-electron chi connectivity index (χ3n) is 4.23. The topological polar surface area (TPSA) is 120 Å². The molecule has 1 saturated heterocycles. The number of hydrogen-bond donors (Lipinski definition) is 2. The van der Waals surface area contributed by atoms with Gasteiger partial charge in [0.2, 0.25) is 0 Å². The molecule has 3 N–H and O–H groups in total. The molecule has 1 aliphatic rings. The molecule has 0 bridgehead atoms. The lowest BCUT2D eigenvalue weighted by molar-refractivity contribution is -0.127. The summed E-state index contributed by atoms with van der Waals surface area (Å²) in [6, 6.07) is 0. The second kappa shape index (κ2) is 9.00. The fourth-order valence-electron chi connectivity index (χ4n) is 3.03. The number of carbonyl (C=O) groups excluding carboxylic acids is 1. The van der Waals surface area contributed by atoms with Crippen LogP contribution in [0.15, 0.2) is 9.59 Å². The Hall–Kier alpha value is -2.13. The summed E-state index contributed by atoms with van der Waals surface area (Å²) in [4.78, 5) is 41.2. The maximum atomic E-state index is 12.9. The van der Waals surface area contributed by atoms with E-state index in [1.807, 2.05) is 13.8 Å². The molecule has 0 aliphatic carbocycles. The predicted octanol–water partition coefficient (Wildman–Crippen LogP) is 0.323. The van der Waals surface area contributed by atoms with E-state index >= 15 is 0 Å². The van der Waals surface area contributed by atoms with Gasteiger partial charge in [-0.25, -0.2) is 4.79 Å². The maximum absolute atomic E-state index is 12.9. The van der Waals surface area contributed by atoms with E-state index in [0.717, 1.165) is 6.42 Å². The molecule has 2 rings (SSSR count). The summed E-state index contributed by atoms with van der Waals surface area (Å²) in [6.07, 6.45) is 1.32. The highest BCUT2D eigenvalue weighted by Gasteiger charge is 2.32. The van der Waals surface area contributed by atoms with Gasteiger partial charge in [0.1, 0.15) is 11.9 Å². The van der Waals surface area contributed by atoms with E-state index in [0.29, 0.717) is 32.6 Å². The molecule has 0 saturated carbocycles. The molecule has 1 aliphatic heterocycles. The Morgan fingerprint density at radius 1 is 1.46 bits per heavy atom. The van der Waals surface area contributed by atoms with Crippen molar-refractivity contribution in [2.24, 2.45) is 5.92 Å². The van der Waals surface area contributed by atoms with Crippen LogP contribution in [-0.2, 0) is 20.8 Å². The molecule has 9 nitrogen and oxygen atoms in total. The first-order valence-corrected chi connectivity index (χ1v) is 8.91. The second-order valence-electron chi connectivity index (χ2n) is 6.84. The van der Waals surface area contributed by atoms with Gasteiger partial charge in [-0.05, 0) is 25.2 Å². The van der Waals surface area contributed by atoms with E-state index in [4.69, 9.17) is 15.2 Å². The number of hydrogen-bond acceptors (Lipinski definition) is 6. The van der Waals surface area contributed by atoms with Crippen LogP contribution in [0.4, 0.5) is 11.5 Å². The van der Waals surface area contributed by atoms with Crippen molar-refractivity contribution in [2.45, 2.75) is 45.8 Å². The molecule has 1 fully saturated rings. The Morgan fingerprint density at radius 2 is 2.19 bits per heavy atom. The fourth-order valence-corrected chi connectivity index (χ4v) is 3.03. The minimum atomic E-state index is -0.670. The monoisotopic (exact) mass is 368 g/mol. The molecule has 1 amide bonds. The van der Waals surface area contributed by atoms with Crippen LogP contribution in [0, 0.1) is 5.92 Å². The lowest BCUT2D eigenvalue weighted by Crippen LogP contribution is -2.45. The number of rotatable bonds is 8. The number of carbonyl (C=O) groups is 1. The van der Waals surface area contributed by atoms with Gasteiger partial charge in [0.25, 0.3) is 11.5 Å². The van der Waals surface area contributed by atoms with E-state index in [2.05, 4.69) is 4.98 Å². The Morgan fingerprint density at radius 3 is 2.77 bits per heavy atom. The van der Waals surface area contributed by atoms with Crippen molar-refractivity contribution in [2.75, 3.05) is 37.5 Å². The van der Waals surface area contributed by atoms with Gasteiger partial charge < -0.3 is 20.1 Å². The first kappa shape index (κ1) is 20.2. The third kappa shape index (κ3) is 4.53. The Kier molecular flexibility index (Phi) is 6.98. The zero-order valence-corrected chi connectivity index (χ0v) is 15.6. The fraction of sp³-hybridized carbons (Fsp3) is 0.706. The van der Waals surface area contributed by atoms with E-state index < -0.39 is 17.4 Å². The number of nitrogens with zero attached hydrogens (tertiary/aromatic N) is 2. The minimum absolute atomic E-state index is 0.00172. The largest absolute Gasteiger partial charge is 0.385 e. The molecule has 0 aromatic carbocycles. The van der Waals surface area contributed by atoms with Crippen LogP contribution in [0.5, 0.6) is 0 Å². The summed E-state index contributed by atoms with van der Waals surface area (Å²) >= 11 is 0. The normalized spacial score (nSPS) is 17.0. The van der Waals surface area contributed by atoms with Crippen molar-refractivity contribution < 1.29 is 14.3 Å². The molecule has 0 radical (unpaired) electrons.